The number of para-hydroxylation sites is 3. The minimum absolute atomic E-state index is 1.17. The Hall–Kier alpha value is -5.60. The third-order valence-corrected chi connectivity index (χ3v) is 8.67. The van der Waals surface area contributed by atoms with Crippen LogP contribution in [0.4, 0.5) is 0 Å². The first kappa shape index (κ1) is 23.1. The van der Waals surface area contributed by atoms with E-state index in [0.29, 0.717) is 0 Å². The normalized spacial score (nSPS) is 11.8. The van der Waals surface area contributed by atoms with Crippen molar-refractivity contribution in [3.05, 3.63) is 158 Å². The zero-order valence-corrected chi connectivity index (χ0v) is 22.9. The molecule has 2 heterocycles. The average molecular weight is 535 g/mol. The lowest BCUT2D eigenvalue weighted by molar-refractivity contribution is 1.18. The largest absolute Gasteiger partial charge is 0.309 e. The molecule has 2 nitrogen and oxygen atoms in total. The first-order valence-corrected chi connectivity index (χ1v) is 14.5. The molecule has 196 valence electrons. The van der Waals surface area contributed by atoms with Gasteiger partial charge in [0.15, 0.2) is 0 Å². The van der Waals surface area contributed by atoms with Crippen molar-refractivity contribution in [3.63, 3.8) is 0 Å². The van der Waals surface area contributed by atoms with Gasteiger partial charge in [0, 0.05) is 43.7 Å². The second-order valence-electron chi connectivity index (χ2n) is 10.9. The summed E-state index contributed by atoms with van der Waals surface area (Å²) in [6, 6.07) is 57.0. The molecule has 9 rings (SSSR count). The Kier molecular flexibility index (Phi) is 4.93. The monoisotopic (exact) mass is 534 g/mol. The summed E-state index contributed by atoms with van der Waals surface area (Å²) in [5.74, 6) is 0. The van der Waals surface area contributed by atoms with Crippen LogP contribution >= 0.6 is 0 Å². The van der Waals surface area contributed by atoms with Crippen LogP contribution in [0.1, 0.15) is 0 Å². The molecule has 7 aromatic carbocycles. The molecule has 0 fully saturated rings. The molecule has 9 aromatic rings. The molecule has 2 heteroatoms. The van der Waals surface area contributed by atoms with Crippen molar-refractivity contribution >= 4 is 54.4 Å². The van der Waals surface area contributed by atoms with Gasteiger partial charge in [0.05, 0.1) is 22.1 Å². The van der Waals surface area contributed by atoms with Crippen LogP contribution in [0.3, 0.4) is 0 Å². The number of benzene rings is 7. The Bertz CT molecular complexity index is 2430. The quantitative estimate of drug-likeness (QED) is 0.213. The van der Waals surface area contributed by atoms with Gasteiger partial charge in [-0.3, -0.25) is 0 Å². The number of hydrogen-bond donors (Lipinski definition) is 0. The van der Waals surface area contributed by atoms with Crippen LogP contribution in [0.2, 0.25) is 0 Å². The summed E-state index contributed by atoms with van der Waals surface area (Å²) in [6.45, 7) is 0. The zero-order chi connectivity index (χ0) is 27.6. The van der Waals surface area contributed by atoms with Crippen LogP contribution in [-0.4, -0.2) is 9.13 Å². The van der Waals surface area contributed by atoms with E-state index in [2.05, 4.69) is 167 Å². The van der Waals surface area contributed by atoms with E-state index in [1.807, 2.05) is 0 Å². The highest BCUT2D eigenvalue weighted by molar-refractivity contribution is 6.37. The van der Waals surface area contributed by atoms with Crippen molar-refractivity contribution in [3.8, 4) is 22.5 Å². The molecule has 0 aliphatic rings. The van der Waals surface area contributed by atoms with E-state index < -0.39 is 0 Å². The first-order valence-electron chi connectivity index (χ1n) is 14.5. The molecule has 0 amide bonds. The predicted octanol–water partition coefficient (Wildman–Crippen LogP) is 10.7. The molecule has 2 aromatic heterocycles. The number of rotatable bonds is 3. The zero-order valence-electron chi connectivity index (χ0n) is 22.9. The highest BCUT2D eigenvalue weighted by Gasteiger charge is 2.24. The van der Waals surface area contributed by atoms with Gasteiger partial charge in [-0.05, 0) is 53.6 Å². The van der Waals surface area contributed by atoms with E-state index in [1.165, 1.54) is 76.9 Å². The minimum atomic E-state index is 1.17. The maximum atomic E-state index is 2.47. The number of fused-ring (bicyclic) bond motifs is 10. The second-order valence-corrected chi connectivity index (χ2v) is 10.9. The lowest BCUT2D eigenvalue weighted by Gasteiger charge is -2.13. The maximum absolute atomic E-state index is 2.47. The maximum Gasteiger partial charge on any atom is 0.0627 e. The van der Waals surface area contributed by atoms with Gasteiger partial charge >= 0.3 is 0 Å². The number of aromatic nitrogens is 2. The summed E-state index contributed by atoms with van der Waals surface area (Å²) < 4.78 is 4.93. The molecule has 42 heavy (non-hydrogen) atoms. The third-order valence-electron chi connectivity index (χ3n) is 8.67. The average Bonchev–Trinajstić information content (AvgIpc) is 3.59. The van der Waals surface area contributed by atoms with Crippen LogP contribution in [0.5, 0.6) is 0 Å². The van der Waals surface area contributed by atoms with Crippen LogP contribution in [0, 0.1) is 0 Å². The molecule has 0 atom stereocenters. The standard InChI is InChI=1S/C40H26N2/c1-4-14-27(15-5-1)28-24-25-36-34(26-28)38-37-33-22-12-13-23-35(33)41(29-16-6-2-7-17-29)39(37)31-20-10-11-21-32(31)40(38)42(36)30-18-8-3-9-19-30/h1-26H. The van der Waals surface area contributed by atoms with Crippen LogP contribution in [0.25, 0.3) is 76.9 Å². The molecule has 0 bridgehead atoms. The fourth-order valence-electron chi connectivity index (χ4n) is 6.94. The fraction of sp³-hybridized carbons (Fsp3) is 0. The van der Waals surface area contributed by atoms with Crippen LogP contribution in [-0.2, 0) is 0 Å². The Morgan fingerprint density at radius 3 is 1.36 bits per heavy atom. The molecule has 0 saturated heterocycles. The van der Waals surface area contributed by atoms with E-state index in [-0.39, 0.29) is 0 Å². The molecular formula is C40H26N2. The minimum Gasteiger partial charge on any atom is -0.309 e. The summed E-state index contributed by atoms with van der Waals surface area (Å²) in [5.41, 5.74) is 9.72. The Balaban J connectivity index is 1.60. The summed E-state index contributed by atoms with van der Waals surface area (Å²) in [7, 11) is 0. The SMILES string of the molecule is c1ccc(-c2ccc3c(c2)c2c4c5ccccc5n(-c5ccccc5)c4c4ccccc4c2n3-c2ccccc2)cc1. The van der Waals surface area contributed by atoms with Crippen molar-refractivity contribution < 1.29 is 0 Å². The summed E-state index contributed by atoms with van der Waals surface area (Å²) in [6.07, 6.45) is 0. The second kappa shape index (κ2) is 8.95. The van der Waals surface area contributed by atoms with Gasteiger partial charge in [0.1, 0.15) is 0 Å². The first-order chi connectivity index (χ1) is 20.9. The van der Waals surface area contributed by atoms with Crippen LogP contribution in [0.15, 0.2) is 158 Å². The summed E-state index contributed by atoms with van der Waals surface area (Å²) >= 11 is 0. The predicted molar refractivity (Wildman–Crippen MR) is 178 cm³/mol. The van der Waals surface area contributed by atoms with Gasteiger partial charge in [-0.15, -0.1) is 0 Å². The van der Waals surface area contributed by atoms with Gasteiger partial charge in [-0.25, -0.2) is 0 Å². The molecule has 0 unspecified atom stereocenters. The topological polar surface area (TPSA) is 9.86 Å². The van der Waals surface area contributed by atoms with E-state index in [0.717, 1.165) is 0 Å². The van der Waals surface area contributed by atoms with Crippen molar-refractivity contribution in [2.45, 2.75) is 0 Å². The fourth-order valence-corrected chi connectivity index (χ4v) is 6.94. The lowest BCUT2D eigenvalue weighted by atomic mass is 9.97. The van der Waals surface area contributed by atoms with Gasteiger partial charge in [-0.1, -0.05) is 115 Å². The van der Waals surface area contributed by atoms with Gasteiger partial charge < -0.3 is 9.13 Å². The molecule has 0 spiro atoms. The molecule has 0 aliphatic heterocycles. The van der Waals surface area contributed by atoms with Crippen molar-refractivity contribution in [2.75, 3.05) is 0 Å². The van der Waals surface area contributed by atoms with E-state index in [9.17, 15) is 0 Å². The molecular weight excluding hydrogens is 508 g/mol. The van der Waals surface area contributed by atoms with Gasteiger partial charge in [0.25, 0.3) is 0 Å². The third kappa shape index (κ3) is 3.21. The lowest BCUT2D eigenvalue weighted by Crippen LogP contribution is -1.96. The van der Waals surface area contributed by atoms with Crippen molar-refractivity contribution in [2.24, 2.45) is 0 Å². The van der Waals surface area contributed by atoms with Crippen molar-refractivity contribution in [1.29, 1.82) is 0 Å². The highest BCUT2D eigenvalue weighted by Crippen LogP contribution is 2.47. The molecule has 0 radical (unpaired) electrons. The van der Waals surface area contributed by atoms with Gasteiger partial charge in [0.2, 0.25) is 0 Å². The highest BCUT2D eigenvalue weighted by atomic mass is 15.0. The Morgan fingerprint density at radius 2 is 0.762 bits per heavy atom. The summed E-state index contributed by atoms with van der Waals surface area (Å²) in [4.78, 5) is 0. The molecule has 0 N–H and O–H groups in total. The van der Waals surface area contributed by atoms with E-state index >= 15 is 0 Å². The number of hydrogen-bond acceptors (Lipinski definition) is 0. The van der Waals surface area contributed by atoms with Crippen LogP contribution < -0.4 is 0 Å². The van der Waals surface area contributed by atoms with Crippen molar-refractivity contribution in [1.82, 2.24) is 9.13 Å². The van der Waals surface area contributed by atoms with E-state index in [1.54, 1.807) is 0 Å². The number of nitrogens with zero attached hydrogens (tertiary/aromatic N) is 2. The molecule has 0 saturated carbocycles. The van der Waals surface area contributed by atoms with E-state index in [4.69, 9.17) is 0 Å². The Morgan fingerprint density at radius 1 is 0.310 bits per heavy atom. The smallest absolute Gasteiger partial charge is 0.0627 e. The molecule has 0 aliphatic carbocycles. The Labute approximate surface area is 243 Å². The van der Waals surface area contributed by atoms with Gasteiger partial charge in [-0.2, -0.15) is 0 Å². The summed E-state index contributed by atoms with van der Waals surface area (Å²) in [5, 5.41) is 7.63.